The maximum atomic E-state index is 12.2. The lowest BCUT2D eigenvalue weighted by molar-refractivity contribution is -0.126. The fourth-order valence-electron chi connectivity index (χ4n) is 2.65. The van der Waals surface area contributed by atoms with Crippen molar-refractivity contribution in [1.82, 2.24) is 15.5 Å². The Balaban J connectivity index is 1.84. The van der Waals surface area contributed by atoms with Gasteiger partial charge in [-0.05, 0) is 26.0 Å². The maximum Gasteiger partial charge on any atom is 0.229 e. The Morgan fingerprint density at radius 3 is 2.95 bits per heavy atom. The second-order valence-electron chi connectivity index (χ2n) is 5.66. The lowest BCUT2D eigenvalue weighted by Gasteiger charge is -2.15. The molecule has 21 heavy (non-hydrogen) atoms. The molecule has 2 N–H and O–H groups in total. The molecule has 1 aliphatic heterocycles. The number of benzene rings is 1. The first kappa shape index (κ1) is 13.6. The van der Waals surface area contributed by atoms with Gasteiger partial charge >= 0.3 is 0 Å². The van der Waals surface area contributed by atoms with Gasteiger partial charge in [-0.3, -0.25) is 19.6 Å². The predicted molar refractivity (Wildman–Crippen MR) is 79.8 cm³/mol. The molecule has 0 radical (unpaired) electrons. The summed E-state index contributed by atoms with van der Waals surface area (Å²) in [5, 5.41) is 10.9. The number of nitrogens with zero attached hydrogens (tertiary/aromatic N) is 2. The van der Waals surface area contributed by atoms with Crippen LogP contribution in [0.15, 0.2) is 24.3 Å². The summed E-state index contributed by atoms with van der Waals surface area (Å²) in [6.45, 7) is 4.20. The molecular formula is C15H18N4O2. The number of H-pyrrole nitrogens is 1. The molecule has 1 saturated heterocycles. The van der Waals surface area contributed by atoms with E-state index in [9.17, 15) is 9.59 Å². The zero-order valence-corrected chi connectivity index (χ0v) is 12.1. The van der Waals surface area contributed by atoms with Gasteiger partial charge < -0.3 is 5.32 Å². The molecule has 6 heteroatoms. The van der Waals surface area contributed by atoms with E-state index in [1.165, 1.54) is 0 Å². The largest absolute Gasteiger partial charge is 0.354 e. The molecule has 1 atom stereocenters. The minimum atomic E-state index is -0.310. The highest BCUT2D eigenvalue weighted by Crippen LogP contribution is 2.29. The van der Waals surface area contributed by atoms with Crippen LogP contribution < -0.4 is 10.2 Å². The number of rotatable bonds is 3. The first-order valence-corrected chi connectivity index (χ1v) is 7.10. The van der Waals surface area contributed by atoms with Gasteiger partial charge in [-0.25, -0.2) is 0 Å². The van der Waals surface area contributed by atoms with Crippen LogP contribution in [-0.4, -0.2) is 34.6 Å². The number of para-hydroxylation sites is 1. The molecule has 0 unspecified atom stereocenters. The molecular weight excluding hydrogens is 268 g/mol. The van der Waals surface area contributed by atoms with Crippen molar-refractivity contribution in [2.45, 2.75) is 26.3 Å². The third kappa shape index (κ3) is 2.49. The maximum absolute atomic E-state index is 12.2. The van der Waals surface area contributed by atoms with Crippen molar-refractivity contribution in [3.05, 3.63) is 24.3 Å². The van der Waals surface area contributed by atoms with E-state index in [4.69, 9.17) is 0 Å². The number of hydrogen-bond donors (Lipinski definition) is 2. The van der Waals surface area contributed by atoms with Crippen LogP contribution in [0.2, 0.25) is 0 Å². The van der Waals surface area contributed by atoms with Crippen molar-refractivity contribution in [1.29, 1.82) is 0 Å². The zero-order valence-electron chi connectivity index (χ0n) is 12.1. The molecule has 1 fully saturated rings. The Morgan fingerprint density at radius 1 is 1.43 bits per heavy atom. The molecule has 0 aliphatic carbocycles. The van der Waals surface area contributed by atoms with Crippen LogP contribution in [0.1, 0.15) is 20.3 Å². The van der Waals surface area contributed by atoms with Crippen LogP contribution in [0.25, 0.3) is 10.9 Å². The summed E-state index contributed by atoms with van der Waals surface area (Å²) in [7, 11) is 0. The molecule has 1 aliphatic rings. The van der Waals surface area contributed by atoms with E-state index < -0.39 is 0 Å². The molecule has 0 bridgehead atoms. The molecule has 6 nitrogen and oxygen atoms in total. The number of fused-ring (bicyclic) bond motifs is 1. The Bertz CT molecular complexity index is 692. The van der Waals surface area contributed by atoms with Gasteiger partial charge in [-0.2, -0.15) is 5.10 Å². The Labute approximate surface area is 122 Å². The van der Waals surface area contributed by atoms with Gasteiger partial charge in [0.15, 0.2) is 5.82 Å². The summed E-state index contributed by atoms with van der Waals surface area (Å²) in [5.74, 6) is 0.169. The molecule has 2 aromatic rings. The van der Waals surface area contributed by atoms with Crippen LogP contribution in [0.5, 0.6) is 0 Å². The Hall–Kier alpha value is -2.37. The number of aromatic nitrogens is 2. The summed E-state index contributed by atoms with van der Waals surface area (Å²) < 4.78 is 0. The highest BCUT2D eigenvalue weighted by Gasteiger charge is 2.36. The monoisotopic (exact) mass is 286 g/mol. The number of carbonyl (C=O) groups is 2. The summed E-state index contributed by atoms with van der Waals surface area (Å²) in [6.07, 6.45) is 0.236. The first-order valence-electron chi connectivity index (χ1n) is 7.10. The molecule has 1 aromatic carbocycles. The van der Waals surface area contributed by atoms with Crippen LogP contribution in [-0.2, 0) is 9.59 Å². The normalized spacial score (nSPS) is 18.7. The van der Waals surface area contributed by atoms with Crippen molar-refractivity contribution in [3.63, 3.8) is 0 Å². The molecule has 2 amide bonds. The number of nitrogens with one attached hydrogen (secondary N) is 2. The van der Waals surface area contributed by atoms with Crippen LogP contribution >= 0.6 is 0 Å². The van der Waals surface area contributed by atoms with Gasteiger partial charge in [0.05, 0.1) is 11.4 Å². The van der Waals surface area contributed by atoms with Crippen molar-refractivity contribution >= 4 is 28.5 Å². The topological polar surface area (TPSA) is 78.1 Å². The second-order valence-corrected chi connectivity index (χ2v) is 5.66. The van der Waals surface area contributed by atoms with Crippen LogP contribution in [0.4, 0.5) is 5.82 Å². The van der Waals surface area contributed by atoms with Gasteiger partial charge in [0, 0.05) is 24.4 Å². The van der Waals surface area contributed by atoms with E-state index in [0.717, 1.165) is 10.9 Å². The van der Waals surface area contributed by atoms with Crippen LogP contribution in [0.3, 0.4) is 0 Å². The van der Waals surface area contributed by atoms with Gasteiger partial charge in [-0.1, -0.05) is 12.1 Å². The fourth-order valence-corrected chi connectivity index (χ4v) is 2.65. The number of hydrogen-bond acceptors (Lipinski definition) is 3. The average molecular weight is 286 g/mol. The minimum absolute atomic E-state index is 0.0591. The summed E-state index contributed by atoms with van der Waals surface area (Å²) in [4.78, 5) is 25.9. The van der Waals surface area contributed by atoms with E-state index in [1.54, 1.807) is 4.90 Å². The lowest BCUT2D eigenvalue weighted by Crippen LogP contribution is -2.37. The van der Waals surface area contributed by atoms with Crippen molar-refractivity contribution in [3.8, 4) is 0 Å². The van der Waals surface area contributed by atoms with Crippen molar-refractivity contribution in [2.24, 2.45) is 5.92 Å². The number of amides is 2. The molecule has 2 heterocycles. The van der Waals surface area contributed by atoms with Gasteiger partial charge in [-0.15, -0.1) is 0 Å². The molecule has 1 aromatic heterocycles. The minimum Gasteiger partial charge on any atom is -0.354 e. The third-order valence-electron chi connectivity index (χ3n) is 3.63. The Morgan fingerprint density at radius 2 is 2.19 bits per heavy atom. The lowest BCUT2D eigenvalue weighted by atomic mass is 10.1. The quantitative estimate of drug-likeness (QED) is 0.896. The SMILES string of the molecule is CC(C)NC(=O)[C@H]1CC(=O)N(c2n[nH]c3ccccc23)C1. The highest BCUT2D eigenvalue weighted by atomic mass is 16.2. The summed E-state index contributed by atoms with van der Waals surface area (Å²) in [6, 6.07) is 7.73. The molecule has 0 saturated carbocycles. The van der Waals surface area contributed by atoms with Crippen molar-refractivity contribution in [2.75, 3.05) is 11.4 Å². The third-order valence-corrected chi connectivity index (χ3v) is 3.63. The summed E-state index contributed by atoms with van der Waals surface area (Å²) in [5.41, 5.74) is 0.885. The molecule has 110 valence electrons. The Kier molecular flexibility index (Phi) is 3.37. The smallest absolute Gasteiger partial charge is 0.229 e. The molecule has 3 rings (SSSR count). The van der Waals surface area contributed by atoms with E-state index >= 15 is 0 Å². The van der Waals surface area contributed by atoms with E-state index in [0.29, 0.717) is 12.4 Å². The van der Waals surface area contributed by atoms with E-state index in [2.05, 4.69) is 15.5 Å². The standard InChI is InChI=1S/C15H18N4O2/c1-9(2)16-15(21)10-7-13(20)19(8-10)14-11-5-3-4-6-12(11)17-18-14/h3-6,9-10H,7-8H2,1-2H3,(H,16,21)(H,17,18)/t10-/m0/s1. The zero-order chi connectivity index (χ0) is 15.0. The van der Waals surface area contributed by atoms with Gasteiger partial charge in [0.25, 0.3) is 0 Å². The number of carbonyl (C=O) groups excluding carboxylic acids is 2. The van der Waals surface area contributed by atoms with E-state index in [-0.39, 0.29) is 30.2 Å². The second kappa shape index (κ2) is 5.20. The fraction of sp³-hybridized carbons (Fsp3) is 0.400. The molecule has 0 spiro atoms. The highest BCUT2D eigenvalue weighted by molar-refractivity contribution is 6.05. The number of aromatic amines is 1. The van der Waals surface area contributed by atoms with E-state index in [1.807, 2.05) is 38.1 Å². The van der Waals surface area contributed by atoms with Gasteiger partial charge in [0.2, 0.25) is 11.8 Å². The first-order chi connectivity index (χ1) is 10.1. The summed E-state index contributed by atoms with van der Waals surface area (Å²) >= 11 is 0. The van der Waals surface area contributed by atoms with Gasteiger partial charge in [0.1, 0.15) is 0 Å². The predicted octanol–water partition coefficient (Wildman–Crippen LogP) is 1.44. The number of anilines is 1. The average Bonchev–Trinajstić information content (AvgIpc) is 3.01. The van der Waals surface area contributed by atoms with Crippen molar-refractivity contribution < 1.29 is 9.59 Å². The van der Waals surface area contributed by atoms with Crippen LogP contribution in [0, 0.1) is 5.92 Å².